The average molecular weight is 365 g/mol. The molecule has 0 bridgehead atoms. The van der Waals surface area contributed by atoms with E-state index in [2.05, 4.69) is 20.9 Å². The molecule has 0 saturated carbocycles. The van der Waals surface area contributed by atoms with Crippen molar-refractivity contribution in [3.63, 3.8) is 0 Å². The van der Waals surface area contributed by atoms with Crippen molar-refractivity contribution in [1.82, 2.24) is 4.98 Å². The van der Waals surface area contributed by atoms with Crippen LogP contribution in [0.5, 0.6) is 5.75 Å². The Hall–Kier alpha value is -0.850. The van der Waals surface area contributed by atoms with Gasteiger partial charge < -0.3 is 4.74 Å². The third-order valence-electron chi connectivity index (χ3n) is 2.43. The number of nitrogens with zero attached hydrogens (tertiary/aromatic N) is 1. The Morgan fingerprint density at radius 2 is 2.11 bits per heavy atom. The van der Waals surface area contributed by atoms with Crippen LogP contribution in [-0.2, 0) is 6.61 Å². The van der Waals surface area contributed by atoms with Crippen molar-refractivity contribution in [2.45, 2.75) is 6.61 Å². The van der Waals surface area contributed by atoms with Gasteiger partial charge in [-0.05, 0) is 12.1 Å². The lowest BCUT2D eigenvalue weighted by Gasteiger charge is -2.10. The van der Waals surface area contributed by atoms with Crippen molar-refractivity contribution in [3.05, 3.63) is 50.7 Å². The van der Waals surface area contributed by atoms with Crippen LogP contribution in [0.2, 0.25) is 10.2 Å². The fraction of sp³-hybridized carbons (Fsp3) is 0.0833. The van der Waals surface area contributed by atoms with Gasteiger partial charge in [0.05, 0.1) is 5.02 Å². The minimum atomic E-state index is 0.169. The molecule has 1 aromatic heterocycles. The van der Waals surface area contributed by atoms with Crippen LogP contribution in [0, 0.1) is 0 Å². The van der Waals surface area contributed by atoms with Crippen LogP contribution in [-0.4, -0.2) is 10.2 Å². The molecule has 19 heavy (non-hydrogen) atoms. The first kappa shape index (κ1) is 14.6. The summed E-state index contributed by atoms with van der Waals surface area (Å²) in [5, 5.41) is 9.92. The van der Waals surface area contributed by atoms with Crippen LogP contribution in [0.1, 0.15) is 5.56 Å². The molecule has 2 rings (SSSR count). The second-order valence-electron chi connectivity index (χ2n) is 3.66. The van der Waals surface area contributed by atoms with E-state index < -0.39 is 0 Å². The van der Waals surface area contributed by atoms with Gasteiger partial charge >= 0.3 is 0 Å². The summed E-state index contributed by atoms with van der Waals surface area (Å²) in [4.78, 5) is 3.95. The summed E-state index contributed by atoms with van der Waals surface area (Å²) in [7, 11) is 0. The molecular weight excluding hydrogens is 355 g/mol. The SMILES string of the molecule is O[NH2+]c1ccc(Br)cc1OCc1c(Cl)ccnc1Cl. The number of benzene rings is 1. The van der Waals surface area contributed by atoms with E-state index in [1.807, 2.05) is 0 Å². The molecule has 0 atom stereocenters. The number of quaternary nitrogens is 1. The largest absolute Gasteiger partial charge is 0.482 e. The second-order valence-corrected chi connectivity index (χ2v) is 5.34. The minimum absolute atomic E-state index is 0.169. The maximum Gasteiger partial charge on any atom is 0.204 e. The van der Waals surface area contributed by atoms with E-state index in [0.29, 0.717) is 27.2 Å². The Labute approximate surface area is 128 Å². The van der Waals surface area contributed by atoms with Gasteiger partial charge in [0, 0.05) is 28.4 Å². The zero-order valence-corrected chi connectivity index (χ0v) is 12.7. The molecule has 3 N–H and O–H groups in total. The number of hydrogen-bond acceptors (Lipinski definition) is 3. The van der Waals surface area contributed by atoms with Gasteiger partial charge in [0.1, 0.15) is 11.8 Å². The van der Waals surface area contributed by atoms with Crippen molar-refractivity contribution in [2.24, 2.45) is 0 Å². The van der Waals surface area contributed by atoms with Gasteiger partial charge in [0.2, 0.25) is 5.69 Å². The summed E-state index contributed by atoms with van der Waals surface area (Å²) < 4.78 is 6.47. The molecule has 0 fully saturated rings. The minimum Gasteiger partial charge on any atom is -0.482 e. The number of hydrogen-bond donors (Lipinski definition) is 2. The number of nitrogens with two attached hydrogens (primary N) is 1. The lowest BCUT2D eigenvalue weighted by atomic mass is 10.3. The molecule has 4 nitrogen and oxygen atoms in total. The van der Waals surface area contributed by atoms with E-state index in [4.69, 9.17) is 33.1 Å². The third kappa shape index (κ3) is 3.58. The molecule has 7 heteroatoms. The van der Waals surface area contributed by atoms with Gasteiger partial charge in [-0.2, -0.15) is 5.48 Å². The smallest absolute Gasteiger partial charge is 0.204 e. The van der Waals surface area contributed by atoms with Crippen molar-refractivity contribution in [3.8, 4) is 5.75 Å². The Balaban J connectivity index is 2.21. The van der Waals surface area contributed by atoms with Gasteiger partial charge in [0.25, 0.3) is 0 Å². The van der Waals surface area contributed by atoms with Gasteiger partial charge in [0.15, 0.2) is 5.75 Å². The molecule has 100 valence electrons. The molecule has 2 aromatic rings. The highest BCUT2D eigenvalue weighted by atomic mass is 79.9. The van der Waals surface area contributed by atoms with E-state index in [1.165, 1.54) is 6.20 Å². The summed E-state index contributed by atoms with van der Waals surface area (Å²) in [5.41, 5.74) is 2.16. The quantitative estimate of drug-likeness (QED) is 0.497. The molecule has 0 unspecified atom stereocenters. The van der Waals surface area contributed by atoms with Gasteiger partial charge in [-0.15, -0.1) is 0 Å². The second kappa shape index (κ2) is 6.54. The van der Waals surface area contributed by atoms with E-state index in [1.54, 1.807) is 24.3 Å². The van der Waals surface area contributed by atoms with Crippen LogP contribution in [0.25, 0.3) is 0 Å². The van der Waals surface area contributed by atoms with Crippen molar-refractivity contribution in [2.75, 3.05) is 0 Å². The lowest BCUT2D eigenvalue weighted by Crippen LogP contribution is -2.73. The van der Waals surface area contributed by atoms with E-state index in [9.17, 15) is 0 Å². The lowest BCUT2D eigenvalue weighted by molar-refractivity contribution is -0.826. The Kier molecular flexibility index (Phi) is 5.01. The highest BCUT2D eigenvalue weighted by Gasteiger charge is 2.12. The van der Waals surface area contributed by atoms with E-state index >= 15 is 0 Å². The highest BCUT2D eigenvalue weighted by Crippen LogP contribution is 2.28. The van der Waals surface area contributed by atoms with Crippen LogP contribution < -0.4 is 10.2 Å². The van der Waals surface area contributed by atoms with Gasteiger partial charge in [-0.25, -0.2) is 10.2 Å². The topological polar surface area (TPSA) is 59.0 Å². The maximum absolute atomic E-state index is 9.13. The molecule has 1 heterocycles. The first-order valence-electron chi connectivity index (χ1n) is 5.30. The molecule has 0 aliphatic rings. The fourth-order valence-electron chi connectivity index (χ4n) is 1.46. The van der Waals surface area contributed by atoms with Crippen LogP contribution in [0.4, 0.5) is 5.69 Å². The Morgan fingerprint density at radius 1 is 1.32 bits per heavy atom. The molecule has 0 aliphatic heterocycles. The fourth-order valence-corrected chi connectivity index (χ4v) is 2.27. The van der Waals surface area contributed by atoms with Crippen LogP contribution in [0.15, 0.2) is 34.9 Å². The summed E-state index contributed by atoms with van der Waals surface area (Å²) in [5.74, 6) is 0.521. The normalized spacial score (nSPS) is 10.5. The first-order chi connectivity index (χ1) is 9.11. The number of ether oxygens (including phenoxy) is 1. The van der Waals surface area contributed by atoms with Crippen molar-refractivity contribution >= 4 is 44.8 Å². The molecule has 0 amide bonds. The zero-order valence-electron chi connectivity index (χ0n) is 9.61. The monoisotopic (exact) mass is 363 g/mol. The van der Waals surface area contributed by atoms with Crippen LogP contribution >= 0.6 is 39.1 Å². The number of pyridine rings is 1. The number of aromatic nitrogens is 1. The number of rotatable bonds is 4. The summed E-state index contributed by atoms with van der Waals surface area (Å²) in [6, 6.07) is 6.93. The molecule has 1 aromatic carbocycles. The van der Waals surface area contributed by atoms with Crippen molar-refractivity contribution < 1.29 is 15.4 Å². The van der Waals surface area contributed by atoms with Crippen LogP contribution in [0.3, 0.4) is 0 Å². The zero-order chi connectivity index (χ0) is 13.8. The first-order valence-corrected chi connectivity index (χ1v) is 6.85. The standard InChI is InChI=1S/C12H9BrCl2N2O2/c13-7-1-2-10(17-18)11(5-7)19-6-8-9(14)3-4-16-12(8)15/h1-5,17-18H,6H2/p+1. The molecule has 0 saturated heterocycles. The molecule has 0 spiro atoms. The highest BCUT2D eigenvalue weighted by molar-refractivity contribution is 9.10. The van der Waals surface area contributed by atoms with E-state index in [-0.39, 0.29) is 6.61 Å². The summed E-state index contributed by atoms with van der Waals surface area (Å²) in [6.45, 7) is 0.169. The molecular formula is C12H10BrCl2N2O2+. The maximum atomic E-state index is 9.13. The molecule has 0 aliphatic carbocycles. The van der Waals surface area contributed by atoms with Gasteiger partial charge in [-0.3, -0.25) is 0 Å². The molecule has 0 radical (unpaired) electrons. The Bertz CT molecular complexity index is 576. The predicted molar refractivity (Wildman–Crippen MR) is 76.1 cm³/mol. The van der Waals surface area contributed by atoms with E-state index in [0.717, 1.165) is 9.95 Å². The van der Waals surface area contributed by atoms with Crippen molar-refractivity contribution in [1.29, 1.82) is 0 Å². The Morgan fingerprint density at radius 3 is 2.79 bits per heavy atom. The number of halogens is 3. The summed E-state index contributed by atoms with van der Waals surface area (Å²) >= 11 is 15.3. The summed E-state index contributed by atoms with van der Waals surface area (Å²) in [6.07, 6.45) is 1.53. The predicted octanol–water partition coefficient (Wildman–Crippen LogP) is 3.31. The third-order valence-corrected chi connectivity index (χ3v) is 3.61. The van der Waals surface area contributed by atoms with Gasteiger partial charge in [-0.1, -0.05) is 39.1 Å². The average Bonchev–Trinajstić information content (AvgIpc) is 2.38.